The van der Waals surface area contributed by atoms with Crippen molar-refractivity contribution in [3.8, 4) is 0 Å². The first-order valence-corrected chi connectivity index (χ1v) is 11.7. The third-order valence-corrected chi connectivity index (χ3v) is 5.96. The molecule has 0 bridgehead atoms. The Morgan fingerprint density at radius 1 is 0.848 bits per heavy atom. The molecule has 0 aromatic rings. The lowest BCUT2D eigenvalue weighted by molar-refractivity contribution is -0.162. The Bertz CT molecular complexity index is 633. The number of amides is 1. The summed E-state index contributed by atoms with van der Waals surface area (Å²) >= 11 is 0. The number of esters is 2. The van der Waals surface area contributed by atoms with Crippen molar-refractivity contribution in [1.82, 2.24) is 10.2 Å². The first-order chi connectivity index (χ1) is 15.5. The molecule has 0 aromatic heterocycles. The number of aliphatic hydroxyl groups is 2. The standard InChI is InChI=1S/C14H25NO5.C9H17NO3/c1-5-19-11(17)14(10-16)6-8-15(9-7-14)12(18)20-13(2,3)4;1-2-13-8(12)9(7-11)3-5-10-6-4-9/h16H,5-10H2,1-4H3;10-11H,2-7H2,1H3. The molecule has 2 saturated heterocycles. The zero-order chi connectivity index (χ0) is 25.1. The maximum Gasteiger partial charge on any atom is 0.410 e. The predicted octanol–water partition coefficient (Wildman–Crippen LogP) is 1.47. The van der Waals surface area contributed by atoms with Crippen LogP contribution in [-0.2, 0) is 23.8 Å². The number of carbonyl (C=O) groups is 3. The summed E-state index contributed by atoms with van der Waals surface area (Å²) in [5, 5.41) is 21.9. The van der Waals surface area contributed by atoms with Crippen LogP contribution in [0.1, 0.15) is 60.3 Å². The van der Waals surface area contributed by atoms with Crippen LogP contribution < -0.4 is 5.32 Å². The van der Waals surface area contributed by atoms with Crippen LogP contribution in [0.3, 0.4) is 0 Å². The second kappa shape index (κ2) is 13.1. The van der Waals surface area contributed by atoms with Crippen LogP contribution in [0.15, 0.2) is 0 Å². The first-order valence-electron chi connectivity index (χ1n) is 11.7. The molecule has 2 rings (SSSR count). The average molecular weight is 475 g/mol. The van der Waals surface area contributed by atoms with Crippen LogP contribution in [0, 0.1) is 10.8 Å². The summed E-state index contributed by atoms with van der Waals surface area (Å²) in [5.74, 6) is -0.634. The number of likely N-dealkylation sites (tertiary alicyclic amines) is 1. The number of rotatable bonds is 6. The van der Waals surface area contributed by atoms with Gasteiger partial charge in [-0.1, -0.05) is 0 Å². The van der Waals surface area contributed by atoms with Crippen LogP contribution in [0.25, 0.3) is 0 Å². The fraction of sp³-hybridized carbons (Fsp3) is 0.870. The largest absolute Gasteiger partial charge is 0.465 e. The molecule has 2 aliphatic heterocycles. The summed E-state index contributed by atoms with van der Waals surface area (Å²) in [6.07, 6.45) is 1.74. The number of nitrogens with one attached hydrogen (secondary N) is 1. The van der Waals surface area contributed by atoms with Gasteiger partial charge in [0.25, 0.3) is 0 Å². The third kappa shape index (κ3) is 8.42. The topological polar surface area (TPSA) is 135 Å². The van der Waals surface area contributed by atoms with Crippen molar-refractivity contribution in [2.45, 2.75) is 65.9 Å². The second-order valence-electron chi connectivity index (χ2n) is 9.54. The number of aliphatic hydroxyl groups excluding tert-OH is 2. The highest BCUT2D eigenvalue weighted by Gasteiger charge is 2.44. The molecule has 0 unspecified atom stereocenters. The fourth-order valence-corrected chi connectivity index (χ4v) is 3.77. The van der Waals surface area contributed by atoms with E-state index < -0.39 is 16.4 Å². The lowest BCUT2D eigenvalue weighted by Gasteiger charge is -2.39. The van der Waals surface area contributed by atoms with Gasteiger partial charge >= 0.3 is 18.0 Å². The van der Waals surface area contributed by atoms with Crippen molar-refractivity contribution >= 4 is 18.0 Å². The number of hydrogen-bond donors (Lipinski definition) is 3. The van der Waals surface area contributed by atoms with E-state index in [-0.39, 0.29) is 37.9 Å². The summed E-state index contributed by atoms with van der Waals surface area (Å²) in [4.78, 5) is 37.0. The third-order valence-electron chi connectivity index (χ3n) is 5.96. The van der Waals surface area contributed by atoms with E-state index in [9.17, 15) is 24.6 Å². The molecule has 3 N–H and O–H groups in total. The van der Waals surface area contributed by atoms with Crippen molar-refractivity contribution in [3.63, 3.8) is 0 Å². The van der Waals surface area contributed by atoms with Gasteiger partial charge in [0.15, 0.2) is 0 Å². The van der Waals surface area contributed by atoms with E-state index in [0.29, 0.717) is 45.4 Å². The average Bonchev–Trinajstić information content (AvgIpc) is 2.79. The lowest BCUT2D eigenvalue weighted by atomic mass is 9.79. The minimum absolute atomic E-state index is 0.104. The summed E-state index contributed by atoms with van der Waals surface area (Å²) in [6, 6.07) is 0. The van der Waals surface area contributed by atoms with E-state index >= 15 is 0 Å². The zero-order valence-electron chi connectivity index (χ0n) is 20.8. The predicted molar refractivity (Wildman–Crippen MR) is 121 cm³/mol. The van der Waals surface area contributed by atoms with Crippen molar-refractivity contribution in [2.75, 3.05) is 52.6 Å². The highest BCUT2D eigenvalue weighted by molar-refractivity contribution is 5.78. The SMILES string of the molecule is CCOC(=O)C1(CO)CCN(C(=O)OC(C)(C)C)CC1.CCOC(=O)C1(CO)CCNCC1. The first kappa shape index (κ1) is 29.1. The van der Waals surface area contributed by atoms with E-state index in [0.717, 1.165) is 13.1 Å². The van der Waals surface area contributed by atoms with Crippen molar-refractivity contribution in [1.29, 1.82) is 0 Å². The summed E-state index contributed by atoms with van der Waals surface area (Å²) in [7, 11) is 0. The van der Waals surface area contributed by atoms with Gasteiger partial charge in [0.1, 0.15) is 5.60 Å². The van der Waals surface area contributed by atoms with Gasteiger partial charge in [-0.05, 0) is 73.4 Å². The van der Waals surface area contributed by atoms with Crippen LogP contribution >= 0.6 is 0 Å². The minimum Gasteiger partial charge on any atom is -0.465 e. The van der Waals surface area contributed by atoms with E-state index in [1.165, 1.54) is 0 Å². The van der Waals surface area contributed by atoms with Crippen molar-refractivity contribution in [3.05, 3.63) is 0 Å². The number of hydrogen-bond acceptors (Lipinski definition) is 9. The van der Waals surface area contributed by atoms with E-state index in [2.05, 4.69) is 5.32 Å². The molecule has 0 aromatic carbocycles. The highest BCUT2D eigenvalue weighted by Crippen LogP contribution is 2.33. The quantitative estimate of drug-likeness (QED) is 0.386. The van der Waals surface area contributed by atoms with Gasteiger partial charge in [0, 0.05) is 13.1 Å². The maximum absolute atomic E-state index is 11.9. The molecule has 0 atom stereocenters. The van der Waals surface area contributed by atoms with E-state index in [4.69, 9.17) is 14.2 Å². The Morgan fingerprint density at radius 2 is 1.27 bits per heavy atom. The van der Waals surface area contributed by atoms with E-state index in [1.54, 1.807) is 18.7 Å². The fourth-order valence-electron chi connectivity index (χ4n) is 3.77. The number of nitrogens with zero attached hydrogens (tertiary/aromatic N) is 1. The monoisotopic (exact) mass is 474 g/mol. The van der Waals surface area contributed by atoms with Crippen molar-refractivity contribution < 1.29 is 38.8 Å². The van der Waals surface area contributed by atoms with Gasteiger partial charge in [0.05, 0.1) is 37.3 Å². The summed E-state index contributed by atoms with van der Waals surface area (Å²) in [5.41, 5.74) is -2.06. The molecule has 2 aliphatic rings. The van der Waals surface area contributed by atoms with Gasteiger partial charge in [-0.2, -0.15) is 0 Å². The molecule has 0 saturated carbocycles. The number of carbonyl (C=O) groups excluding carboxylic acids is 3. The van der Waals surface area contributed by atoms with Crippen LogP contribution in [0.2, 0.25) is 0 Å². The Hall–Kier alpha value is -1.91. The molecule has 1 amide bonds. The lowest BCUT2D eigenvalue weighted by Crippen LogP contribution is -2.49. The molecular weight excluding hydrogens is 432 g/mol. The molecule has 33 heavy (non-hydrogen) atoms. The molecule has 0 aliphatic carbocycles. The van der Waals surface area contributed by atoms with Crippen molar-refractivity contribution in [2.24, 2.45) is 10.8 Å². The highest BCUT2D eigenvalue weighted by atomic mass is 16.6. The number of piperidine rings is 2. The van der Waals surface area contributed by atoms with Crippen LogP contribution in [0.4, 0.5) is 4.79 Å². The number of ether oxygens (including phenoxy) is 3. The molecule has 0 spiro atoms. The van der Waals surface area contributed by atoms with Gasteiger partial charge in [-0.25, -0.2) is 4.79 Å². The molecule has 10 nitrogen and oxygen atoms in total. The van der Waals surface area contributed by atoms with Gasteiger partial charge in [-0.15, -0.1) is 0 Å². The zero-order valence-corrected chi connectivity index (χ0v) is 20.8. The Morgan fingerprint density at radius 3 is 1.64 bits per heavy atom. The summed E-state index contributed by atoms with van der Waals surface area (Å²) in [6.45, 7) is 11.6. The van der Waals surface area contributed by atoms with E-state index in [1.807, 2.05) is 20.8 Å². The van der Waals surface area contributed by atoms with Gasteiger partial charge in [0.2, 0.25) is 0 Å². The smallest absolute Gasteiger partial charge is 0.410 e. The minimum atomic E-state index is -0.880. The summed E-state index contributed by atoms with van der Waals surface area (Å²) < 4.78 is 15.3. The Kier molecular flexibility index (Phi) is 11.6. The van der Waals surface area contributed by atoms with Gasteiger partial charge < -0.3 is 34.6 Å². The van der Waals surface area contributed by atoms with Gasteiger partial charge in [-0.3, -0.25) is 9.59 Å². The molecule has 10 heteroatoms. The Labute approximate surface area is 196 Å². The van der Waals surface area contributed by atoms with Crippen LogP contribution in [-0.4, -0.2) is 91.4 Å². The Balaban J connectivity index is 0.000000361. The normalized spacial score (nSPS) is 19.5. The molecule has 192 valence electrons. The molecule has 2 heterocycles. The maximum atomic E-state index is 11.9. The molecule has 0 radical (unpaired) electrons. The molecule has 2 fully saturated rings. The van der Waals surface area contributed by atoms with Crippen LogP contribution in [0.5, 0.6) is 0 Å². The second-order valence-corrected chi connectivity index (χ2v) is 9.54. The molecular formula is C23H42N2O8.